The molecule has 0 spiro atoms. The van der Waals surface area contributed by atoms with Crippen molar-refractivity contribution in [1.82, 2.24) is 4.98 Å². The lowest BCUT2D eigenvalue weighted by atomic mass is 10.1. The van der Waals surface area contributed by atoms with Crippen molar-refractivity contribution in [3.8, 4) is 5.75 Å². The molecule has 0 radical (unpaired) electrons. The van der Waals surface area contributed by atoms with Crippen LogP contribution >= 0.6 is 0 Å². The summed E-state index contributed by atoms with van der Waals surface area (Å²) >= 11 is 0. The number of hydrogen-bond donors (Lipinski definition) is 1. The number of rotatable bonds is 4. The van der Waals surface area contributed by atoms with Gasteiger partial charge in [-0.05, 0) is 39.8 Å². The molecule has 0 aliphatic carbocycles. The summed E-state index contributed by atoms with van der Waals surface area (Å²) in [5, 5.41) is 3.45. The SMILES string of the molecule is COc1cnc(C)cc1NC(C)c1cc(C)oc1C. The molecule has 1 atom stereocenters. The monoisotopic (exact) mass is 260 g/mol. The fourth-order valence-corrected chi connectivity index (χ4v) is 2.21. The van der Waals surface area contributed by atoms with Crippen LogP contribution in [0.2, 0.25) is 0 Å². The average molecular weight is 260 g/mol. The molecule has 4 nitrogen and oxygen atoms in total. The molecule has 2 rings (SSSR count). The number of ether oxygens (including phenoxy) is 1. The first kappa shape index (κ1) is 13.5. The summed E-state index contributed by atoms with van der Waals surface area (Å²) in [6.07, 6.45) is 1.73. The Hall–Kier alpha value is -1.97. The first-order chi connectivity index (χ1) is 9.01. The van der Waals surface area contributed by atoms with Gasteiger partial charge in [-0.2, -0.15) is 0 Å². The third kappa shape index (κ3) is 2.89. The Morgan fingerprint density at radius 2 is 2.00 bits per heavy atom. The number of nitrogens with one attached hydrogen (secondary N) is 1. The molecule has 19 heavy (non-hydrogen) atoms. The molecule has 0 saturated heterocycles. The van der Waals surface area contributed by atoms with Crippen LogP contribution in [0, 0.1) is 20.8 Å². The van der Waals surface area contributed by atoms with Crippen molar-refractivity contribution in [3.63, 3.8) is 0 Å². The van der Waals surface area contributed by atoms with Crippen molar-refractivity contribution in [2.45, 2.75) is 33.7 Å². The van der Waals surface area contributed by atoms with E-state index >= 15 is 0 Å². The molecule has 0 aliphatic heterocycles. The molecule has 2 aromatic heterocycles. The maximum absolute atomic E-state index is 5.57. The Morgan fingerprint density at radius 1 is 1.26 bits per heavy atom. The van der Waals surface area contributed by atoms with E-state index in [0.29, 0.717) is 0 Å². The van der Waals surface area contributed by atoms with Gasteiger partial charge in [0, 0.05) is 11.3 Å². The summed E-state index contributed by atoms with van der Waals surface area (Å²) in [7, 11) is 1.65. The van der Waals surface area contributed by atoms with E-state index in [-0.39, 0.29) is 6.04 Å². The standard InChI is InChI=1S/C15H20N2O2/c1-9-6-14(15(18-5)8-16-9)17-11(3)13-7-10(2)19-12(13)4/h6-8,11H,1-5H3,(H,16,17). The zero-order valence-corrected chi connectivity index (χ0v) is 12.1. The van der Waals surface area contributed by atoms with E-state index in [1.807, 2.05) is 26.8 Å². The Kier molecular flexibility index (Phi) is 3.79. The third-order valence-electron chi connectivity index (χ3n) is 3.14. The highest BCUT2D eigenvalue weighted by Gasteiger charge is 2.14. The van der Waals surface area contributed by atoms with Gasteiger partial charge in [0.25, 0.3) is 0 Å². The van der Waals surface area contributed by atoms with Crippen molar-refractivity contribution >= 4 is 5.69 Å². The van der Waals surface area contributed by atoms with Crippen LogP contribution in [0.1, 0.15) is 35.7 Å². The normalized spacial score (nSPS) is 12.3. The van der Waals surface area contributed by atoms with E-state index in [1.54, 1.807) is 13.3 Å². The molecule has 0 aromatic carbocycles. The highest BCUT2D eigenvalue weighted by atomic mass is 16.5. The van der Waals surface area contributed by atoms with Crippen molar-refractivity contribution in [3.05, 3.63) is 41.1 Å². The van der Waals surface area contributed by atoms with Gasteiger partial charge >= 0.3 is 0 Å². The zero-order chi connectivity index (χ0) is 14.0. The van der Waals surface area contributed by atoms with Gasteiger partial charge in [0.1, 0.15) is 11.5 Å². The maximum atomic E-state index is 5.57. The van der Waals surface area contributed by atoms with E-state index in [9.17, 15) is 0 Å². The zero-order valence-electron chi connectivity index (χ0n) is 12.1. The molecule has 0 amide bonds. The largest absolute Gasteiger partial charge is 0.493 e. The Labute approximate surface area is 113 Å². The van der Waals surface area contributed by atoms with Crippen molar-refractivity contribution < 1.29 is 9.15 Å². The predicted molar refractivity (Wildman–Crippen MR) is 75.7 cm³/mol. The average Bonchev–Trinajstić information content (AvgIpc) is 2.69. The Balaban J connectivity index is 2.25. The Morgan fingerprint density at radius 3 is 2.58 bits per heavy atom. The van der Waals surface area contributed by atoms with Crippen molar-refractivity contribution in [2.24, 2.45) is 0 Å². The highest BCUT2D eigenvalue weighted by Crippen LogP contribution is 2.30. The molecule has 1 N–H and O–H groups in total. The molecule has 2 heterocycles. The number of nitrogens with zero attached hydrogens (tertiary/aromatic N) is 1. The van der Waals surface area contributed by atoms with Gasteiger partial charge in [0.05, 0.1) is 25.0 Å². The lowest BCUT2D eigenvalue weighted by Gasteiger charge is -2.17. The van der Waals surface area contributed by atoms with Gasteiger partial charge in [0.15, 0.2) is 5.75 Å². The Bertz CT molecular complexity index is 576. The summed E-state index contributed by atoms with van der Waals surface area (Å²) in [4.78, 5) is 4.23. The first-order valence-electron chi connectivity index (χ1n) is 6.35. The van der Waals surface area contributed by atoms with Gasteiger partial charge < -0.3 is 14.5 Å². The molecule has 4 heteroatoms. The van der Waals surface area contributed by atoms with Crippen LogP contribution < -0.4 is 10.1 Å². The van der Waals surface area contributed by atoms with Gasteiger partial charge in [-0.1, -0.05) is 0 Å². The van der Waals surface area contributed by atoms with Crippen LogP contribution in [0.15, 0.2) is 22.7 Å². The van der Waals surface area contributed by atoms with Gasteiger partial charge in [-0.3, -0.25) is 4.98 Å². The van der Waals surface area contributed by atoms with Crippen LogP contribution in [0.4, 0.5) is 5.69 Å². The van der Waals surface area contributed by atoms with E-state index < -0.39 is 0 Å². The van der Waals surface area contributed by atoms with E-state index in [4.69, 9.17) is 9.15 Å². The van der Waals surface area contributed by atoms with E-state index in [2.05, 4.69) is 23.3 Å². The van der Waals surface area contributed by atoms with Gasteiger partial charge in [-0.25, -0.2) is 0 Å². The highest BCUT2D eigenvalue weighted by molar-refractivity contribution is 5.57. The number of aryl methyl sites for hydroxylation is 3. The summed E-state index contributed by atoms with van der Waals surface area (Å²) in [5.74, 6) is 2.62. The number of furan rings is 1. The van der Waals surface area contributed by atoms with Crippen LogP contribution in [-0.4, -0.2) is 12.1 Å². The number of anilines is 1. The van der Waals surface area contributed by atoms with Gasteiger partial charge in [-0.15, -0.1) is 0 Å². The summed E-state index contributed by atoms with van der Waals surface area (Å²) in [6, 6.07) is 4.19. The second kappa shape index (κ2) is 5.34. The maximum Gasteiger partial charge on any atom is 0.160 e. The molecule has 0 fully saturated rings. The molecular weight excluding hydrogens is 240 g/mol. The lowest BCUT2D eigenvalue weighted by Crippen LogP contribution is -2.08. The number of methoxy groups -OCH3 is 1. The minimum absolute atomic E-state index is 0.146. The second-order valence-corrected chi connectivity index (χ2v) is 4.76. The molecule has 0 bridgehead atoms. The molecule has 0 saturated carbocycles. The number of aromatic nitrogens is 1. The van der Waals surface area contributed by atoms with Crippen LogP contribution in [0.25, 0.3) is 0 Å². The van der Waals surface area contributed by atoms with Crippen LogP contribution in [0.5, 0.6) is 5.75 Å². The van der Waals surface area contributed by atoms with Gasteiger partial charge in [0.2, 0.25) is 0 Å². The lowest BCUT2D eigenvalue weighted by molar-refractivity contribution is 0.414. The van der Waals surface area contributed by atoms with Crippen LogP contribution in [0.3, 0.4) is 0 Å². The summed E-state index contributed by atoms with van der Waals surface area (Å²) in [6.45, 7) is 8.00. The van der Waals surface area contributed by atoms with Crippen molar-refractivity contribution in [2.75, 3.05) is 12.4 Å². The molecular formula is C15H20N2O2. The number of hydrogen-bond acceptors (Lipinski definition) is 4. The minimum atomic E-state index is 0.146. The summed E-state index contributed by atoms with van der Waals surface area (Å²) in [5.41, 5.74) is 3.06. The van der Waals surface area contributed by atoms with E-state index in [0.717, 1.165) is 34.2 Å². The molecule has 0 aliphatic rings. The van der Waals surface area contributed by atoms with Crippen LogP contribution in [-0.2, 0) is 0 Å². The predicted octanol–water partition coefficient (Wildman–Crippen LogP) is 3.78. The fraction of sp³-hybridized carbons (Fsp3) is 0.400. The summed E-state index contributed by atoms with van der Waals surface area (Å²) < 4.78 is 10.9. The molecule has 102 valence electrons. The molecule has 2 aromatic rings. The first-order valence-corrected chi connectivity index (χ1v) is 6.35. The smallest absolute Gasteiger partial charge is 0.160 e. The number of pyridine rings is 1. The van der Waals surface area contributed by atoms with Crippen molar-refractivity contribution in [1.29, 1.82) is 0 Å². The second-order valence-electron chi connectivity index (χ2n) is 4.76. The fourth-order valence-electron chi connectivity index (χ4n) is 2.21. The minimum Gasteiger partial charge on any atom is -0.493 e. The quantitative estimate of drug-likeness (QED) is 0.908. The van der Waals surface area contributed by atoms with E-state index in [1.165, 1.54) is 0 Å². The topological polar surface area (TPSA) is 47.3 Å². The third-order valence-corrected chi connectivity index (χ3v) is 3.14. The molecule has 1 unspecified atom stereocenters.